The molecular formula is C16H14N2O3. The van der Waals surface area contributed by atoms with Crippen LogP contribution in [0.25, 0.3) is 0 Å². The smallest absolute Gasteiger partial charge is 0.337 e. The molecule has 3 rings (SSSR count). The van der Waals surface area contributed by atoms with Gasteiger partial charge in [-0.3, -0.25) is 4.79 Å². The van der Waals surface area contributed by atoms with Crippen LogP contribution in [0.3, 0.4) is 0 Å². The lowest BCUT2D eigenvalue weighted by atomic mass is 9.77. The lowest BCUT2D eigenvalue weighted by Crippen LogP contribution is -2.30. The third kappa shape index (κ3) is 2.33. The summed E-state index contributed by atoms with van der Waals surface area (Å²) >= 11 is 0. The summed E-state index contributed by atoms with van der Waals surface area (Å²) in [6, 6.07) is 12.2. The lowest BCUT2D eigenvalue weighted by molar-refractivity contribution is -0.118. The topological polar surface area (TPSA) is 92.4 Å². The number of carbonyl (C=O) groups is 2. The molecule has 4 N–H and O–H groups in total. The number of rotatable bonds is 3. The van der Waals surface area contributed by atoms with E-state index in [1.54, 1.807) is 6.07 Å². The number of nitrogen functional groups attached to an aromatic ring is 1. The van der Waals surface area contributed by atoms with Gasteiger partial charge in [0.1, 0.15) is 0 Å². The summed E-state index contributed by atoms with van der Waals surface area (Å²) in [6.07, 6.45) is 0.680. The summed E-state index contributed by atoms with van der Waals surface area (Å²) in [5, 5.41) is 11.9. The van der Waals surface area contributed by atoms with Gasteiger partial charge in [0.2, 0.25) is 5.91 Å². The van der Waals surface area contributed by atoms with Gasteiger partial charge in [-0.15, -0.1) is 0 Å². The molecule has 106 valence electrons. The summed E-state index contributed by atoms with van der Waals surface area (Å²) in [5.74, 6) is -1.53. The molecular weight excluding hydrogens is 268 g/mol. The van der Waals surface area contributed by atoms with Crippen molar-refractivity contribution >= 4 is 23.3 Å². The van der Waals surface area contributed by atoms with Crippen molar-refractivity contribution < 1.29 is 14.7 Å². The fraction of sp³-hybridized carbons (Fsp3) is 0.125. The van der Waals surface area contributed by atoms with Crippen molar-refractivity contribution in [1.82, 2.24) is 0 Å². The second-order valence-corrected chi connectivity index (χ2v) is 5.05. The van der Waals surface area contributed by atoms with Crippen LogP contribution in [-0.4, -0.2) is 17.0 Å². The van der Waals surface area contributed by atoms with Crippen molar-refractivity contribution in [2.75, 3.05) is 11.1 Å². The first-order valence-electron chi connectivity index (χ1n) is 6.58. The van der Waals surface area contributed by atoms with Gasteiger partial charge >= 0.3 is 5.97 Å². The molecule has 0 fully saturated rings. The number of nitrogens with two attached hydrogens (primary N) is 1. The van der Waals surface area contributed by atoms with E-state index in [-0.39, 0.29) is 23.1 Å². The van der Waals surface area contributed by atoms with Gasteiger partial charge in [0, 0.05) is 5.69 Å². The Morgan fingerprint density at radius 3 is 2.67 bits per heavy atom. The number of carboxylic acid groups (broad SMARTS) is 1. The summed E-state index contributed by atoms with van der Waals surface area (Å²) in [6.45, 7) is 0. The standard InChI is InChI=1S/C16H14N2O3/c17-10-5-6-14(13(8-10)16(20)21)18-15(19)12-7-9-3-1-2-4-11(9)12/h1-6,8,12H,7,17H2,(H,18,19)(H,20,21). The maximum Gasteiger partial charge on any atom is 0.337 e. The number of anilines is 2. The fourth-order valence-corrected chi connectivity index (χ4v) is 2.56. The van der Waals surface area contributed by atoms with Crippen LogP contribution in [0.5, 0.6) is 0 Å². The quantitative estimate of drug-likeness (QED) is 0.753. The van der Waals surface area contributed by atoms with Gasteiger partial charge < -0.3 is 16.2 Å². The molecule has 0 bridgehead atoms. The summed E-state index contributed by atoms with van der Waals surface area (Å²) in [7, 11) is 0. The Balaban J connectivity index is 1.82. The highest BCUT2D eigenvalue weighted by Crippen LogP contribution is 2.35. The zero-order chi connectivity index (χ0) is 15.0. The van der Waals surface area contributed by atoms with E-state index in [2.05, 4.69) is 5.32 Å². The molecule has 1 aliphatic carbocycles. The Bertz CT molecular complexity index is 740. The Hall–Kier alpha value is -2.82. The average Bonchev–Trinajstić information content (AvgIpc) is 2.42. The Labute approximate surface area is 121 Å². The number of hydrogen-bond donors (Lipinski definition) is 3. The molecule has 1 unspecified atom stereocenters. The molecule has 0 spiro atoms. The summed E-state index contributed by atoms with van der Waals surface area (Å²) in [4.78, 5) is 23.5. The summed E-state index contributed by atoms with van der Waals surface area (Å²) in [5.41, 5.74) is 8.36. The highest BCUT2D eigenvalue weighted by atomic mass is 16.4. The first-order chi connectivity index (χ1) is 10.1. The van der Waals surface area contributed by atoms with Gasteiger partial charge in [0.05, 0.1) is 17.2 Å². The monoisotopic (exact) mass is 282 g/mol. The second kappa shape index (κ2) is 4.94. The van der Waals surface area contributed by atoms with Crippen LogP contribution < -0.4 is 11.1 Å². The third-order valence-corrected chi connectivity index (χ3v) is 3.70. The molecule has 1 amide bonds. The first-order valence-corrected chi connectivity index (χ1v) is 6.58. The van der Waals surface area contributed by atoms with Crippen LogP contribution in [0, 0.1) is 0 Å². The van der Waals surface area contributed by atoms with Crippen LogP contribution in [0.1, 0.15) is 27.4 Å². The molecule has 2 aromatic carbocycles. The molecule has 0 heterocycles. The Kier molecular flexibility index (Phi) is 3.10. The Morgan fingerprint density at radius 2 is 1.95 bits per heavy atom. The third-order valence-electron chi connectivity index (χ3n) is 3.70. The molecule has 1 aliphatic rings. The molecule has 0 saturated carbocycles. The lowest BCUT2D eigenvalue weighted by Gasteiger charge is -2.29. The van der Waals surface area contributed by atoms with E-state index in [1.807, 2.05) is 24.3 Å². The first kappa shape index (κ1) is 13.2. The molecule has 0 aliphatic heterocycles. The zero-order valence-corrected chi connectivity index (χ0v) is 11.2. The number of hydrogen-bond acceptors (Lipinski definition) is 3. The molecule has 5 nitrogen and oxygen atoms in total. The van der Waals surface area contributed by atoms with E-state index in [0.717, 1.165) is 11.1 Å². The van der Waals surface area contributed by atoms with Gasteiger partial charge in [0.25, 0.3) is 0 Å². The van der Waals surface area contributed by atoms with Crippen molar-refractivity contribution in [3.8, 4) is 0 Å². The SMILES string of the molecule is Nc1ccc(NC(=O)C2Cc3ccccc32)c(C(=O)O)c1. The van der Waals surface area contributed by atoms with Crippen LogP contribution in [0.4, 0.5) is 11.4 Å². The second-order valence-electron chi connectivity index (χ2n) is 5.05. The fourth-order valence-electron chi connectivity index (χ4n) is 2.56. The van der Waals surface area contributed by atoms with Crippen LogP contribution in [-0.2, 0) is 11.2 Å². The number of nitrogens with one attached hydrogen (secondary N) is 1. The highest BCUT2D eigenvalue weighted by molar-refractivity contribution is 6.04. The number of carboxylic acids is 1. The van der Waals surface area contributed by atoms with Gasteiger partial charge in [-0.1, -0.05) is 24.3 Å². The van der Waals surface area contributed by atoms with Crippen molar-refractivity contribution in [2.45, 2.75) is 12.3 Å². The van der Waals surface area contributed by atoms with E-state index < -0.39 is 5.97 Å². The normalized spacial score (nSPS) is 15.7. The van der Waals surface area contributed by atoms with Crippen molar-refractivity contribution in [3.63, 3.8) is 0 Å². The molecule has 0 radical (unpaired) electrons. The van der Waals surface area contributed by atoms with E-state index >= 15 is 0 Å². The summed E-state index contributed by atoms with van der Waals surface area (Å²) < 4.78 is 0. The largest absolute Gasteiger partial charge is 0.478 e. The van der Waals surface area contributed by atoms with Crippen molar-refractivity contribution in [2.24, 2.45) is 0 Å². The molecule has 1 atom stereocenters. The molecule has 21 heavy (non-hydrogen) atoms. The highest BCUT2D eigenvalue weighted by Gasteiger charge is 2.32. The molecule has 5 heteroatoms. The van der Waals surface area contributed by atoms with Gasteiger partial charge in [-0.25, -0.2) is 4.79 Å². The number of benzene rings is 2. The zero-order valence-electron chi connectivity index (χ0n) is 11.2. The van der Waals surface area contributed by atoms with Crippen LogP contribution >= 0.6 is 0 Å². The minimum Gasteiger partial charge on any atom is -0.478 e. The van der Waals surface area contributed by atoms with Crippen molar-refractivity contribution in [3.05, 3.63) is 59.2 Å². The number of aromatic carboxylic acids is 1. The number of carbonyl (C=O) groups excluding carboxylic acids is 1. The predicted octanol–water partition coefficient (Wildman–Crippen LogP) is 2.25. The van der Waals surface area contributed by atoms with Gasteiger partial charge in [-0.2, -0.15) is 0 Å². The van der Waals surface area contributed by atoms with E-state index in [4.69, 9.17) is 10.8 Å². The maximum atomic E-state index is 12.3. The Morgan fingerprint density at radius 1 is 1.19 bits per heavy atom. The minimum absolute atomic E-state index is 0.00374. The van der Waals surface area contributed by atoms with Gasteiger partial charge in [0.15, 0.2) is 0 Å². The van der Waals surface area contributed by atoms with Crippen LogP contribution in [0.2, 0.25) is 0 Å². The molecule has 2 aromatic rings. The van der Waals surface area contributed by atoms with E-state index in [1.165, 1.54) is 12.1 Å². The average molecular weight is 282 g/mol. The van der Waals surface area contributed by atoms with Crippen LogP contribution in [0.15, 0.2) is 42.5 Å². The van der Waals surface area contributed by atoms with Gasteiger partial charge in [-0.05, 0) is 35.7 Å². The van der Waals surface area contributed by atoms with E-state index in [9.17, 15) is 9.59 Å². The molecule has 0 saturated heterocycles. The minimum atomic E-state index is -1.12. The predicted molar refractivity (Wildman–Crippen MR) is 79.3 cm³/mol. The number of fused-ring (bicyclic) bond motifs is 1. The maximum absolute atomic E-state index is 12.3. The van der Waals surface area contributed by atoms with E-state index in [0.29, 0.717) is 12.1 Å². The van der Waals surface area contributed by atoms with Crippen molar-refractivity contribution in [1.29, 1.82) is 0 Å². The molecule has 0 aromatic heterocycles. The number of amides is 1.